The highest BCUT2D eigenvalue weighted by molar-refractivity contribution is 7.89. The molecule has 0 spiro atoms. The minimum atomic E-state index is -4.60. The number of nitrogens with zero attached hydrogens (tertiary/aromatic N) is 2. The summed E-state index contributed by atoms with van der Waals surface area (Å²) in [6.45, 7) is 5.27. The van der Waals surface area contributed by atoms with Crippen LogP contribution in [0.2, 0.25) is 0 Å². The van der Waals surface area contributed by atoms with Crippen LogP contribution in [0.1, 0.15) is 25.1 Å². The first kappa shape index (κ1) is 21.1. The predicted molar refractivity (Wildman–Crippen MR) is 104 cm³/mol. The van der Waals surface area contributed by atoms with Gasteiger partial charge in [-0.05, 0) is 51.1 Å². The maximum atomic E-state index is 13.3. The molecule has 154 valence electrons. The molecule has 0 radical (unpaired) electrons. The first-order valence-electron chi connectivity index (χ1n) is 8.84. The molecule has 5 nitrogen and oxygen atoms in total. The van der Waals surface area contributed by atoms with Gasteiger partial charge in [-0.2, -0.15) is 18.3 Å². The first-order valence-corrected chi connectivity index (χ1v) is 10.3. The molecule has 1 N–H and O–H groups in total. The lowest BCUT2D eigenvalue weighted by Crippen LogP contribution is -2.30. The number of alkyl halides is 3. The van der Waals surface area contributed by atoms with E-state index in [-0.39, 0.29) is 16.6 Å². The summed E-state index contributed by atoms with van der Waals surface area (Å²) >= 11 is 0. The van der Waals surface area contributed by atoms with Gasteiger partial charge in [0.15, 0.2) is 5.69 Å². The maximum absolute atomic E-state index is 13.3. The summed E-state index contributed by atoms with van der Waals surface area (Å²) in [4.78, 5) is 0.0232. The van der Waals surface area contributed by atoms with Crippen LogP contribution >= 0.6 is 0 Å². The van der Waals surface area contributed by atoms with E-state index >= 15 is 0 Å². The average Bonchev–Trinajstić information content (AvgIpc) is 3.07. The van der Waals surface area contributed by atoms with Crippen molar-refractivity contribution in [2.75, 3.05) is 0 Å². The van der Waals surface area contributed by atoms with Gasteiger partial charge in [0.2, 0.25) is 10.0 Å². The van der Waals surface area contributed by atoms with Crippen molar-refractivity contribution >= 4 is 10.0 Å². The van der Waals surface area contributed by atoms with Crippen LogP contribution in [-0.2, 0) is 16.2 Å². The Kier molecular flexibility index (Phi) is 5.55. The molecule has 29 heavy (non-hydrogen) atoms. The fourth-order valence-electron chi connectivity index (χ4n) is 2.79. The molecular weight excluding hydrogens is 403 g/mol. The fraction of sp³-hybridized carbons (Fsp3) is 0.250. The zero-order valence-electron chi connectivity index (χ0n) is 16.0. The summed E-state index contributed by atoms with van der Waals surface area (Å²) in [6.07, 6.45) is -4.60. The van der Waals surface area contributed by atoms with Crippen LogP contribution in [0.5, 0.6) is 0 Å². The summed E-state index contributed by atoms with van der Waals surface area (Å²) < 4.78 is 67.9. The summed E-state index contributed by atoms with van der Waals surface area (Å²) in [6, 6.07) is 13.3. The van der Waals surface area contributed by atoms with Crippen molar-refractivity contribution < 1.29 is 21.6 Å². The minimum Gasteiger partial charge on any atom is -0.233 e. The lowest BCUT2D eigenvalue weighted by atomic mass is 10.1. The van der Waals surface area contributed by atoms with Gasteiger partial charge >= 0.3 is 6.18 Å². The van der Waals surface area contributed by atoms with Crippen molar-refractivity contribution in [2.45, 2.75) is 37.9 Å². The highest BCUT2D eigenvalue weighted by atomic mass is 32.2. The zero-order chi connectivity index (χ0) is 21.4. The van der Waals surface area contributed by atoms with Crippen molar-refractivity contribution in [2.24, 2.45) is 0 Å². The number of halogens is 3. The largest absolute Gasteiger partial charge is 0.435 e. The second-order valence-corrected chi connectivity index (χ2v) is 8.67. The van der Waals surface area contributed by atoms with Gasteiger partial charge in [0.1, 0.15) is 0 Å². The predicted octanol–water partition coefficient (Wildman–Crippen LogP) is 4.55. The number of aryl methyl sites for hydroxylation is 1. The molecule has 1 heterocycles. The Hall–Kier alpha value is -2.65. The Balaban J connectivity index is 2.08. The van der Waals surface area contributed by atoms with Crippen LogP contribution in [0.3, 0.4) is 0 Å². The highest BCUT2D eigenvalue weighted by Gasteiger charge is 2.35. The van der Waals surface area contributed by atoms with Crippen molar-refractivity contribution in [1.29, 1.82) is 0 Å². The van der Waals surface area contributed by atoms with E-state index in [0.29, 0.717) is 11.3 Å². The van der Waals surface area contributed by atoms with Gasteiger partial charge in [-0.25, -0.2) is 17.8 Å². The van der Waals surface area contributed by atoms with E-state index in [1.807, 2.05) is 6.92 Å². The summed E-state index contributed by atoms with van der Waals surface area (Å²) in [5, 5.41) is 3.72. The maximum Gasteiger partial charge on any atom is 0.435 e. The van der Waals surface area contributed by atoms with E-state index in [9.17, 15) is 21.6 Å². The van der Waals surface area contributed by atoms with Gasteiger partial charge in [-0.15, -0.1) is 0 Å². The van der Waals surface area contributed by atoms with Crippen molar-refractivity contribution in [3.05, 3.63) is 65.9 Å². The van der Waals surface area contributed by atoms with E-state index < -0.39 is 21.9 Å². The molecular formula is C20H20F3N3O2S. The van der Waals surface area contributed by atoms with Gasteiger partial charge < -0.3 is 0 Å². The molecule has 0 unspecified atom stereocenters. The minimum absolute atomic E-state index is 0.0232. The Bertz CT molecular complexity index is 1100. The number of hydrogen-bond donors (Lipinski definition) is 1. The Morgan fingerprint density at radius 1 is 1.00 bits per heavy atom. The molecule has 0 saturated heterocycles. The SMILES string of the molecule is Cc1ccc(-c2cc(C(F)(F)F)nn2-c2ccc(S(=O)(=O)NC(C)C)cc2)cc1. The van der Waals surface area contributed by atoms with Gasteiger partial charge in [-0.1, -0.05) is 29.8 Å². The zero-order valence-corrected chi connectivity index (χ0v) is 16.8. The van der Waals surface area contributed by atoms with Crippen molar-refractivity contribution in [3.8, 4) is 16.9 Å². The molecule has 0 aliphatic heterocycles. The van der Waals surface area contributed by atoms with Crippen molar-refractivity contribution in [3.63, 3.8) is 0 Å². The standard InChI is InChI=1S/C20H20F3N3O2S/c1-13(2)25-29(27,28)17-10-8-16(9-11-17)26-18(12-19(24-26)20(21,22)23)15-6-4-14(3)5-7-15/h4-13,25H,1-3H3. The van der Waals surface area contributed by atoms with Crippen LogP contribution in [0.15, 0.2) is 59.5 Å². The second kappa shape index (κ2) is 7.64. The first-order chi connectivity index (χ1) is 13.5. The summed E-state index contributed by atoms with van der Waals surface area (Å²) in [7, 11) is -3.70. The third-order valence-corrected chi connectivity index (χ3v) is 5.80. The Labute approximate surface area is 167 Å². The molecule has 0 saturated carbocycles. The van der Waals surface area contributed by atoms with Gasteiger partial charge in [0.25, 0.3) is 0 Å². The number of benzene rings is 2. The van der Waals surface area contributed by atoms with Gasteiger partial charge in [0, 0.05) is 11.6 Å². The number of sulfonamides is 1. The van der Waals surface area contributed by atoms with E-state index in [4.69, 9.17) is 0 Å². The molecule has 1 aromatic heterocycles. The lowest BCUT2D eigenvalue weighted by molar-refractivity contribution is -0.141. The highest BCUT2D eigenvalue weighted by Crippen LogP contribution is 2.33. The molecule has 0 atom stereocenters. The Morgan fingerprint density at radius 2 is 1.59 bits per heavy atom. The lowest BCUT2D eigenvalue weighted by Gasteiger charge is -2.11. The van der Waals surface area contributed by atoms with Gasteiger partial charge in [0.05, 0.1) is 16.3 Å². The van der Waals surface area contributed by atoms with E-state index in [1.54, 1.807) is 38.1 Å². The molecule has 0 amide bonds. The topological polar surface area (TPSA) is 64.0 Å². The van der Waals surface area contributed by atoms with E-state index in [0.717, 1.165) is 11.6 Å². The van der Waals surface area contributed by atoms with Crippen molar-refractivity contribution in [1.82, 2.24) is 14.5 Å². The second-order valence-electron chi connectivity index (χ2n) is 6.96. The molecule has 0 bridgehead atoms. The molecule has 2 aromatic carbocycles. The monoisotopic (exact) mass is 423 g/mol. The number of nitrogens with one attached hydrogen (secondary N) is 1. The Morgan fingerprint density at radius 3 is 2.10 bits per heavy atom. The molecule has 0 aliphatic carbocycles. The summed E-state index contributed by atoms with van der Waals surface area (Å²) in [5.74, 6) is 0. The number of rotatable bonds is 5. The van der Waals surface area contributed by atoms with Crippen LogP contribution in [0, 0.1) is 6.92 Å². The van der Waals surface area contributed by atoms with E-state index in [1.165, 1.54) is 28.9 Å². The fourth-order valence-corrected chi connectivity index (χ4v) is 4.04. The number of hydrogen-bond acceptors (Lipinski definition) is 3. The molecule has 3 aromatic rings. The molecule has 0 fully saturated rings. The normalized spacial score (nSPS) is 12.5. The molecule has 3 rings (SSSR count). The molecule has 9 heteroatoms. The molecule has 0 aliphatic rings. The summed E-state index contributed by atoms with van der Waals surface area (Å²) in [5.41, 5.74) is 1.10. The smallest absolute Gasteiger partial charge is 0.233 e. The average molecular weight is 423 g/mol. The van der Waals surface area contributed by atoms with Gasteiger partial charge in [-0.3, -0.25) is 0 Å². The third kappa shape index (κ3) is 4.68. The van der Waals surface area contributed by atoms with Crippen LogP contribution in [0.25, 0.3) is 16.9 Å². The third-order valence-electron chi connectivity index (χ3n) is 4.13. The van der Waals surface area contributed by atoms with Crippen LogP contribution in [-0.4, -0.2) is 24.2 Å². The quantitative estimate of drug-likeness (QED) is 0.655. The number of aromatic nitrogens is 2. The van der Waals surface area contributed by atoms with Crippen LogP contribution < -0.4 is 4.72 Å². The van der Waals surface area contributed by atoms with Crippen LogP contribution in [0.4, 0.5) is 13.2 Å². The van der Waals surface area contributed by atoms with E-state index in [2.05, 4.69) is 9.82 Å².